The van der Waals surface area contributed by atoms with Gasteiger partial charge < -0.3 is 9.72 Å². The number of benzene rings is 1. The maximum atomic E-state index is 14.2. The zero-order chi connectivity index (χ0) is 15.5. The van der Waals surface area contributed by atoms with Gasteiger partial charge in [0.05, 0.1) is 17.5 Å². The van der Waals surface area contributed by atoms with Crippen LogP contribution in [0.4, 0.5) is 4.39 Å². The first-order valence-electron chi connectivity index (χ1n) is 7.09. The van der Waals surface area contributed by atoms with Gasteiger partial charge in [0.25, 0.3) is 0 Å². The summed E-state index contributed by atoms with van der Waals surface area (Å²) in [6.07, 6.45) is 5.60. The summed E-state index contributed by atoms with van der Waals surface area (Å²) < 4.78 is 19.7. The van der Waals surface area contributed by atoms with Crippen LogP contribution < -0.4 is 10.2 Å². The molecule has 1 aromatic carbocycles. The number of hydrogen-bond acceptors (Lipinski definition) is 3. The van der Waals surface area contributed by atoms with Crippen LogP contribution in [0.1, 0.15) is 13.3 Å². The third-order valence-corrected chi connectivity index (χ3v) is 3.38. The predicted molar refractivity (Wildman–Crippen MR) is 83.5 cm³/mol. The Morgan fingerprint density at radius 2 is 2.18 bits per heavy atom. The van der Waals surface area contributed by atoms with Gasteiger partial charge >= 0.3 is 0 Å². The van der Waals surface area contributed by atoms with Crippen molar-refractivity contribution >= 4 is 10.9 Å². The number of nitrogens with zero attached hydrogens (tertiary/aromatic N) is 1. The Morgan fingerprint density at radius 1 is 1.32 bits per heavy atom. The molecule has 112 valence electrons. The lowest BCUT2D eigenvalue weighted by atomic mass is 10.1. The van der Waals surface area contributed by atoms with E-state index >= 15 is 0 Å². The highest BCUT2D eigenvalue weighted by Crippen LogP contribution is 2.26. The SMILES string of the molecule is CCCOc1ccc(F)c2c(=O)c(-c3cccnc3)c[nH]c12. The smallest absolute Gasteiger partial charge is 0.200 e. The molecule has 0 radical (unpaired) electrons. The van der Waals surface area contributed by atoms with Crippen LogP contribution in [0.5, 0.6) is 5.75 Å². The lowest BCUT2D eigenvalue weighted by molar-refractivity contribution is 0.320. The minimum absolute atomic E-state index is 0.00922. The van der Waals surface area contributed by atoms with Crippen molar-refractivity contribution in [2.24, 2.45) is 0 Å². The summed E-state index contributed by atoms with van der Waals surface area (Å²) in [5.74, 6) is -0.0843. The summed E-state index contributed by atoms with van der Waals surface area (Å²) in [5, 5.41) is 0.00922. The fraction of sp³-hybridized carbons (Fsp3) is 0.176. The number of H-pyrrole nitrogens is 1. The third kappa shape index (κ3) is 2.45. The van der Waals surface area contributed by atoms with Crippen molar-refractivity contribution in [1.82, 2.24) is 9.97 Å². The summed E-state index contributed by atoms with van der Waals surface area (Å²) in [4.78, 5) is 19.6. The van der Waals surface area contributed by atoms with Gasteiger partial charge in [-0.1, -0.05) is 13.0 Å². The van der Waals surface area contributed by atoms with Crippen LogP contribution in [0.15, 0.2) is 47.7 Å². The minimum atomic E-state index is -0.564. The average molecular weight is 298 g/mol. The first-order chi connectivity index (χ1) is 10.7. The highest BCUT2D eigenvalue weighted by Gasteiger charge is 2.14. The lowest BCUT2D eigenvalue weighted by Gasteiger charge is -2.10. The second-order valence-electron chi connectivity index (χ2n) is 4.92. The third-order valence-electron chi connectivity index (χ3n) is 3.38. The van der Waals surface area contributed by atoms with Gasteiger partial charge in [-0.2, -0.15) is 0 Å². The summed E-state index contributed by atoms with van der Waals surface area (Å²) in [6.45, 7) is 2.49. The Kier molecular flexibility index (Phi) is 3.87. The van der Waals surface area contributed by atoms with Crippen LogP contribution in [0.3, 0.4) is 0 Å². The van der Waals surface area contributed by atoms with Crippen LogP contribution in [-0.4, -0.2) is 16.6 Å². The molecule has 0 fully saturated rings. The van der Waals surface area contributed by atoms with Crippen molar-refractivity contribution in [3.8, 4) is 16.9 Å². The molecular weight excluding hydrogens is 283 g/mol. The van der Waals surface area contributed by atoms with E-state index in [1.807, 2.05) is 6.92 Å². The molecule has 3 rings (SSSR count). The highest BCUT2D eigenvalue weighted by atomic mass is 19.1. The van der Waals surface area contributed by atoms with E-state index in [-0.39, 0.29) is 10.8 Å². The lowest BCUT2D eigenvalue weighted by Crippen LogP contribution is -2.09. The number of nitrogens with one attached hydrogen (secondary N) is 1. The van der Waals surface area contributed by atoms with E-state index in [1.165, 1.54) is 12.1 Å². The average Bonchev–Trinajstić information content (AvgIpc) is 2.55. The molecule has 0 atom stereocenters. The van der Waals surface area contributed by atoms with Crippen LogP contribution in [0, 0.1) is 5.82 Å². The Hall–Kier alpha value is -2.69. The largest absolute Gasteiger partial charge is 0.491 e. The Bertz CT molecular complexity index is 860. The molecule has 1 N–H and O–H groups in total. The number of pyridine rings is 2. The van der Waals surface area contributed by atoms with Gasteiger partial charge in [0.2, 0.25) is 0 Å². The van der Waals surface area contributed by atoms with Gasteiger partial charge in [0.1, 0.15) is 11.6 Å². The highest BCUT2D eigenvalue weighted by molar-refractivity contribution is 5.88. The molecular formula is C17H15FN2O2. The fourth-order valence-corrected chi connectivity index (χ4v) is 2.34. The summed E-state index contributed by atoms with van der Waals surface area (Å²) in [6, 6.07) is 6.29. The molecule has 2 heterocycles. The van der Waals surface area contributed by atoms with Crippen LogP contribution in [-0.2, 0) is 0 Å². The first-order valence-corrected chi connectivity index (χ1v) is 7.09. The number of aromatic amines is 1. The number of ether oxygens (including phenoxy) is 1. The number of rotatable bonds is 4. The first kappa shape index (κ1) is 14.3. The van der Waals surface area contributed by atoms with Crippen molar-refractivity contribution in [3.05, 3.63) is 58.9 Å². The molecule has 0 spiro atoms. The van der Waals surface area contributed by atoms with E-state index in [0.29, 0.717) is 29.0 Å². The van der Waals surface area contributed by atoms with Gasteiger partial charge in [-0.15, -0.1) is 0 Å². The molecule has 5 heteroatoms. The Labute approximate surface area is 126 Å². The topological polar surface area (TPSA) is 55.0 Å². The number of hydrogen-bond donors (Lipinski definition) is 1. The molecule has 0 aliphatic rings. The standard InChI is InChI=1S/C17H15FN2O2/c1-2-8-22-14-6-5-13(18)15-16(14)20-10-12(17(15)21)11-4-3-7-19-9-11/h3-7,9-10H,2,8H2,1H3,(H,20,21). The molecule has 4 nitrogen and oxygen atoms in total. The van der Waals surface area contributed by atoms with Crippen LogP contribution in [0.2, 0.25) is 0 Å². The van der Waals surface area contributed by atoms with E-state index in [9.17, 15) is 9.18 Å². The Morgan fingerprint density at radius 3 is 2.91 bits per heavy atom. The van der Waals surface area contributed by atoms with Gasteiger partial charge in [-0.05, 0) is 24.6 Å². The molecule has 0 bridgehead atoms. The van der Waals surface area contributed by atoms with Crippen molar-refractivity contribution < 1.29 is 9.13 Å². The summed E-state index contributed by atoms with van der Waals surface area (Å²) in [7, 11) is 0. The van der Waals surface area contributed by atoms with E-state index in [0.717, 1.165) is 6.42 Å². The molecule has 0 amide bonds. The van der Waals surface area contributed by atoms with Gasteiger partial charge in [-0.3, -0.25) is 9.78 Å². The van der Waals surface area contributed by atoms with Crippen LogP contribution in [0.25, 0.3) is 22.0 Å². The van der Waals surface area contributed by atoms with Gasteiger partial charge in [-0.25, -0.2) is 4.39 Å². The number of halogens is 1. The van der Waals surface area contributed by atoms with E-state index in [1.54, 1.807) is 30.7 Å². The Balaban J connectivity index is 2.23. The summed E-state index contributed by atoms with van der Waals surface area (Å²) >= 11 is 0. The van der Waals surface area contributed by atoms with Crippen LogP contribution >= 0.6 is 0 Å². The molecule has 0 saturated heterocycles. The second-order valence-corrected chi connectivity index (χ2v) is 4.92. The van der Waals surface area contributed by atoms with Gasteiger partial charge in [0, 0.05) is 29.7 Å². The van der Waals surface area contributed by atoms with Crippen molar-refractivity contribution in [2.45, 2.75) is 13.3 Å². The van der Waals surface area contributed by atoms with Gasteiger partial charge in [0.15, 0.2) is 5.43 Å². The van der Waals surface area contributed by atoms with Crippen molar-refractivity contribution in [1.29, 1.82) is 0 Å². The molecule has 0 saturated carbocycles. The minimum Gasteiger partial charge on any atom is -0.491 e. The molecule has 0 aliphatic heterocycles. The van der Waals surface area contributed by atoms with E-state index < -0.39 is 5.82 Å². The van der Waals surface area contributed by atoms with Crippen molar-refractivity contribution in [3.63, 3.8) is 0 Å². The van der Waals surface area contributed by atoms with E-state index in [2.05, 4.69) is 9.97 Å². The van der Waals surface area contributed by atoms with E-state index in [4.69, 9.17) is 4.74 Å². The fourth-order valence-electron chi connectivity index (χ4n) is 2.34. The molecule has 0 unspecified atom stereocenters. The normalized spacial score (nSPS) is 10.8. The zero-order valence-corrected chi connectivity index (χ0v) is 12.1. The van der Waals surface area contributed by atoms with Crippen molar-refractivity contribution in [2.75, 3.05) is 6.61 Å². The molecule has 3 aromatic rings. The number of aromatic nitrogens is 2. The summed E-state index contributed by atoms with van der Waals surface area (Å²) in [5.41, 5.74) is 1.03. The molecule has 2 aromatic heterocycles. The maximum Gasteiger partial charge on any atom is 0.200 e. The number of fused-ring (bicyclic) bond motifs is 1. The zero-order valence-electron chi connectivity index (χ0n) is 12.1. The monoisotopic (exact) mass is 298 g/mol. The second kappa shape index (κ2) is 5.97. The predicted octanol–water partition coefficient (Wildman–Crippen LogP) is 3.52. The maximum absolute atomic E-state index is 14.2. The molecule has 0 aliphatic carbocycles. The molecule has 22 heavy (non-hydrogen) atoms. The quantitative estimate of drug-likeness (QED) is 0.802.